The average molecular weight is 475 g/mol. The molecule has 0 rings (SSSR count). The lowest BCUT2D eigenvalue weighted by Gasteiger charge is -2.24. The number of carbonyl (C=O) groups excluding carboxylic acids is 1. The molecule has 3 nitrogen and oxygen atoms in total. The van der Waals surface area contributed by atoms with Gasteiger partial charge in [0, 0.05) is 13.5 Å². The number of ether oxygens (including phenoxy) is 1. The van der Waals surface area contributed by atoms with Crippen LogP contribution in [0.25, 0.3) is 0 Å². The van der Waals surface area contributed by atoms with Gasteiger partial charge in [-0.2, -0.15) is 0 Å². The first kappa shape index (κ1) is 34.3. The number of carbonyl (C=O) groups is 1. The molecule has 1 N–H and O–H groups in total. The second-order valence-electron chi connectivity index (χ2n) is 10.1. The second kappa shape index (κ2) is 20.5. The fourth-order valence-electron chi connectivity index (χ4n) is 3.63. The normalized spacial score (nSPS) is 14.5. The molecular formula is C31H54O3. The van der Waals surface area contributed by atoms with E-state index in [0.29, 0.717) is 18.4 Å². The quantitative estimate of drug-likeness (QED) is 0.169. The molecule has 34 heavy (non-hydrogen) atoms. The summed E-state index contributed by atoms with van der Waals surface area (Å²) in [6.07, 6.45) is 17.6. The fourth-order valence-corrected chi connectivity index (χ4v) is 3.63. The van der Waals surface area contributed by atoms with Crippen molar-refractivity contribution in [3.8, 4) is 0 Å². The summed E-state index contributed by atoms with van der Waals surface area (Å²) in [5, 5.41) is 8.82. The molecule has 0 aliphatic heterocycles. The van der Waals surface area contributed by atoms with Gasteiger partial charge in [0.05, 0.1) is 0 Å². The van der Waals surface area contributed by atoms with Crippen LogP contribution in [0.15, 0.2) is 60.8 Å². The summed E-state index contributed by atoms with van der Waals surface area (Å²) in [6, 6.07) is 0. The van der Waals surface area contributed by atoms with Crippen molar-refractivity contribution in [2.75, 3.05) is 6.61 Å². The molecule has 0 amide bonds. The Balaban J connectivity index is 0. The Morgan fingerprint density at radius 1 is 0.971 bits per heavy atom. The number of aliphatic hydroxyl groups is 1. The van der Waals surface area contributed by atoms with Gasteiger partial charge in [-0.3, -0.25) is 4.79 Å². The van der Waals surface area contributed by atoms with Crippen molar-refractivity contribution in [1.82, 2.24) is 0 Å². The van der Waals surface area contributed by atoms with Gasteiger partial charge in [0.15, 0.2) is 0 Å². The molecule has 0 saturated heterocycles. The summed E-state index contributed by atoms with van der Waals surface area (Å²) in [7, 11) is 0. The molecule has 0 bridgehead atoms. The van der Waals surface area contributed by atoms with E-state index in [1.54, 1.807) is 6.08 Å². The maximum atomic E-state index is 11.0. The van der Waals surface area contributed by atoms with E-state index < -0.39 is 5.60 Å². The van der Waals surface area contributed by atoms with Crippen LogP contribution in [0, 0.1) is 11.8 Å². The maximum absolute atomic E-state index is 11.0. The molecule has 0 saturated carbocycles. The number of allylic oxidation sites excluding steroid dienone is 6. The smallest absolute Gasteiger partial charge is 0.303 e. The molecule has 0 radical (unpaired) electrons. The van der Waals surface area contributed by atoms with Crippen LogP contribution in [0.2, 0.25) is 0 Å². The molecule has 0 spiro atoms. The lowest BCUT2D eigenvalue weighted by atomic mass is 9.88. The molecule has 0 heterocycles. The highest BCUT2D eigenvalue weighted by Gasteiger charge is 2.22. The Bertz CT molecular complexity index is 652. The summed E-state index contributed by atoms with van der Waals surface area (Å²) in [5.74, 6) is 0.997. The third-order valence-corrected chi connectivity index (χ3v) is 6.08. The van der Waals surface area contributed by atoms with Gasteiger partial charge in [-0.1, -0.05) is 61.4 Å². The summed E-state index contributed by atoms with van der Waals surface area (Å²) < 4.78 is 5.29. The Hall–Kier alpha value is -1.87. The lowest BCUT2D eigenvalue weighted by Crippen LogP contribution is -2.27. The summed E-state index contributed by atoms with van der Waals surface area (Å²) in [4.78, 5) is 11.0. The van der Waals surface area contributed by atoms with E-state index in [0.717, 1.165) is 38.5 Å². The van der Waals surface area contributed by atoms with Crippen LogP contribution in [0.5, 0.6) is 0 Å². The fraction of sp³-hybridized carbons (Fsp3) is 0.645. The van der Waals surface area contributed by atoms with Crippen LogP contribution < -0.4 is 0 Å². The zero-order valence-electron chi connectivity index (χ0n) is 23.4. The van der Waals surface area contributed by atoms with Crippen molar-refractivity contribution in [1.29, 1.82) is 0 Å². The minimum absolute atomic E-state index is 0.258. The molecule has 0 aromatic rings. The predicted molar refractivity (Wildman–Crippen MR) is 150 cm³/mol. The SMILES string of the molecule is C=CC(C)(CCC=C(C)CCC=C(C)C)OC(C)=O.C=CCCC(CCC(C)CCO)C(=C)C. The highest BCUT2D eigenvalue weighted by atomic mass is 16.6. The minimum atomic E-state index is -0.553. The summed E-state index contributed by atoms with van der Waals surface area (Å²) in [6.45, 7) is 25.9. The van der Waals surface area contributed by atoms with Crippen LogP contribution in [-0.4, -0.2) is 23.3 Å². The Morgan fingerprint density at radius 2 is 1.62 bits per heavy atom. The van der Waals surface area contributed by atoms with E-state index in [1.165, 1.54) is 42.9 Å². The number of hydrogen-bond acceptors (Lipinski definition) is 3. The van der Waals surface area contributed by atoms with E-state index >= 15 is 0 Å². The van der Waals surface area contributed by atoms with Crippen molar-refractivity contribution < 1.29 is 14.6 Å². The van der Waals surface area contributed by atoms with Crippen LogP contribution in [0.4, 0.5) is 0 Å². The molecule has 3 unspecified atom stereocenters. The van der Waals surface area contributed by atoms with E-state index in [9.17, 15) is 4.79 Å². The van der Waals surface area contributed by atoms with Crippen LogP contribution in [0.3, 0.4) is 0 Å². The van der Waals surface area contributed by atoms with Gasteiger partial charge in [0.2, 0.25) is 0 Å². The third kappa shape index (κ3) is 20.7. The predicted octanol–water partition coefficient (Wildman–Crippen LogP) is 8.91. The average Bonchev–Trinajstić information content (AvgIpc) is 2.73. The van der Waals surface area contributed by atoms with E-state index in [2.05, 4.69) is 66.5 Å². The zero-order valence-corrected chi connectivity index (χ0v) is 23.4. The largest absolute Gasteiger partial charge is 0.455 e. The van der Waals surface area contributed by atoms with Gasteiger partial charge >= 0.3 is 5.97 Å². The van der Waals surface area contributed by atoms with E-state index in [4.69, 9.17) is 9.84 Å². The van der Waals surface area contributed by atoms with Crippen molar-refractivity contribution >= 4 is 5.97 Å². The summed E-state index contributed by atoms with van der Waals surface area (Å²) >= 11 is 0. The molecule has 0 fully saturated rings. The first-order chi connectivity index (χ1) is 15.9. The van der Waals surface area contributed by atoms with Crippen LogP contribution in [0.1, 0.15) is 106 Å². The lowest BCUT2D eigenvalue weighted by molar-refractivity contribution is -0.151. The first-order valence-electron chi connectivity index (χ1n) is 12.9. The molecule has 0 aromatic carbocycles. The van der Waals surface area contributed by atoms with E-state index in [1.807, 2.05) is 13.0 Å². The van der Waals surface area contributed by atoms with Crippen molar-refractivity contribution in [2.24, 2.45) is 11.8 Å². The van der Waals surface area contributed by atoms with Gasteiger partial charge in [-0.25, -0.2) is 0 Å². The number of hydrogen-bond donors (Lipinski definition) is 1. The Kier molecular flexibility index (Phi) is 20.7. The van der Waals surface area contributed by atoms with Crippen molar-refractivity contribution in [2.45, 2.75) is 112 Å². The molecule has 3 atom stereocenters. The van der Waals surface area contributed by atoms with Gasteiger partial charge in [0.1, 0.15) is 5.60 Å². The number of aliphatic hydroxyl groups excluding tert-OH is 1. The van der Waals surface area contributed by atoms with Crippen molar-refractivity contribution in [3.63, 3.8) is 0 Å². The topological polar surface area (TPSA) is 46.5 Å². The maximum Gasteiger partial charge on any atom is 0.303 e. The van der Waals surface area contributed by atoms with Gasteiger partial charge in [-0.05, 0) is 104 Å². The van der Waals surface area contributed by atoms with Crippen molar-refractivity contribution in [3.05, 3.63) is 60.8 Å². The minimum Gasteiger partial charge on any atom is -0.455 e. The zero-order chi connectivity index (χ0) is 26.6. The number of rotatable bonds is 17. The Labute approximate surface area is 211 Å². The number of esters is 1. The second-order valence-corrected chi connectivity index (χ2v) is 10.1. The monoisotopic (exact) mass is 474 g/mol. The Morgan fingerprint density at radius 3 is 2.09 bits per heavy atom. The highest BCUT2D eigenvalue weighted by Crippen LogP contribution is 2.24. The summed E-state index contributed by atoms with van der Waals surface area (Å²) in [5.41, 5.74) is 3.48. The third-order valence-electron chi connectivity index (χ3n) is 6.08. The molecule has 196 valence electrons. The molecular weight excluding hydrogens is 420 g/mol. The standard InChI is InChI=1S/C17H28O2.C14H26O/c1-7-17(6,19-16(5)18)13-9-12-15(4)11-8-10-14(2)3;1-5-6-7-14(12(2)3)9-8-13(4)10-11-15/h7,10,12H,1,8-9,11,13H2,2-6H3;5,13-15H,1-2,6-11H2,3-4H3. The van der Waals surface area contributed by atoms with Gasteiger partial charge < -0.3 is 9.84 Å². The highest BCUT2D eigenvalue weighted by molar-refractivity contribution is 5.66. The van der Waals surface area contributed by atoms with E-state index in [-0.39, 0.29) is 5.97 Å². The molecule has 0 aliphatic carbocycles. The molecule has 3 heteroatoms. The molecule has 0 aliphatic rings. The van der Waals surface area contributed by atoms with Gasteiger partial charge in [0.25, 0.3) is 0 Å². The van der Waals surface area contributed by atoms with Crippen LogP contribution in [-0.2, 0) is 9.53 Å². The van der Waals surface area contributed by atoms with Gasteiger partial charge in [-0.15, -0.1) is 6.58 Å². The van der Waals surface area contributed by atoms with Crippen LogP contribution >= 0.6 is 0 Å². The first-order valence-corrected chi connectivity index (χ1v) is 12.9. The molecule has 0 aromatic heterocycles.